The fourth-order valence-corrected chi connectivity index (χ4v) is 2.77. The van der Waals surface area contributed by atoms with E-state index in [1.54, 1.807) is 0 Å². The summed E-state index contributed by atoms with van der Waals surface area (Å²) in [5.41, 5.74) is 9.26. The van der Waals surface area contributed by atoms with Crippen molar-refractivity contribution in [2.75, 3.05) is 13.1 Å². The highest BCUT2D eigenvalue weighted by Crippen LogP contribution is 2.11. The molecule has 1 aliphatic heterocycles. The lowest BCUT2D eigenvalue weighted by Gasteiger charge is -2.20. The Balaban J connectivity index is 0.00000176. The fraction of sp³-hybridized carbons (Fsp3) is 0.500. The molecule has 0 amide bonds. The van der Waals surface area contributed by atoms with Gasteiger partial charge in [0.25, 0.3) is 0 Å². The summed E-state index contributed by atoms with van der Waals surface area (Å²) in [5, 5.41) is 0. The number of pyridine rings is 1. The first-order chi connectivity index (χ1) is 10.2. The van der Waals surface area contributed by atoms with Gasteiger partial charge >= 0.3 is 0 Å². The Morgan fingerprint density at radius 1 is 1.27 bits per heavy atom. The van der Waals surface area contributed by atoms with E-state index >= 15 is 0 Å². The number of hydrogen-bond acceptors (Lipinski definition) is 2. The van der Waals surface area contributed by atoms with Gasteiger partial charge in [0.05, 0.1) is 12.2 Å². The molecule has 6 heteroatoms. The second kappa shape index (κ2) is 7.80. The molecule has 2 aromatic heterocycles. The minimum Gasteiger partial charge on any atom is -0.370 e. The van der Waals surface area contributed by atoms with Gasteiger partial charge in [0.1, 0.15) is 5.65 Å². The molecule has 1 aliphatic rings. The summed E-state index contributed by atoms with van der Waals surface area (Å²) in [7, 11) is 0. The number of nitrogens with two attached hydrogens (primary N) is 1. The van der Waals surface area contributed by atoms with E-state index in [1.807, 2.05) is 16.8 Å². The van der Waals surface area contributed by atoms with Crippen LogP contribution >= 0.6 is 24.0 Å². The smallest absolute Gasteiger partial charge is 0.191 e. The average molecular weight is 413 g/mol. The van der Waals surface area contributed by atoms with Crippen LogP contribution in [0.15, 0.2) is 29.5 Å². The van der Waals surface area contributed by atoms with Crippen molar-refractivity contribution in [3.05, 3.63) is 35.8 Å². The van der Waals surface area contributed by atoms with E-state index in [0.717, 1.165) is 24.4 Å². The third kappa shape index (κ3) is 4.12. The molecule has 0 unspecified atom stereocenters. The number of hydrogen-bond donors (Lipinski definition) is 1. The Kier molecular flexibility index (Phi) is 6.05. The van der Waals surface area contributed by atoms with Gasteiger partial charge < -0.3 is 15.0 Å². The quantitative estimate of drug-likeness (QED) is 0.468. The molecule has 3 rings (SSSR count). The van der Waals surface area contributed by atoms with E-state index in [2.05, 4.69) is 33.9 Å². The molecule has 0 radical (unpaired) electrons. The van der Waals surface area contributed by atoms with Crippen molar-refractivity contribution in [3.8, 4) is 0 Å². The SMILES string of the molecule is Cc1ccn2cc(CN=C(N)N3CCCCCC3)nc2c1.I. The molecule has 5 nitrogen and oxygen atoms in total. The number of guanidine groups is 1. The standard InChI is InChI=1S/C16H23N5.HI/c1-13-6-9-21-12-14(19-15(21)10-13)11-18-16(17)20-7-4-2-3-5-8-20;/h6,9-10,12H,2-5,7-8,11H2,1H3,(H2,17,18);1H. The van der Waals surface area contributed by atoms with Gasteiger partial charge in [0.15, 0.2) is 5.96 Å². The molecule has 0 aliphatic carbocycles. The molecule has 1 saturated heterocycles. The maximum Gasteiger partial charge on any atom is 0.191 e. The highest BCUT2D eigenvalue weighted by atomic mass is 127. The van der Waals surface area contributed by atoms with E-state index in [9.17, 15) is 0 Å². The summed E-state index contributed by atoms with van der Waals surface area (Å²) in [6.45, 7) is 4.67. The van der Waals surface area contributed by atoms with Gasteiger partial charge in [0.2, 0.25) is 0 Å². The van der Waals surface area contributed by atoms with Gasteiger partial charge in [-0.05, 0) is 37.5 Å². The monoisotopic (exact) mass is 413 g/mol. The third-order valence-electron chi connectivity index (χ3n) is 4.00. The lowest BCUT2D eigenvalue weighted by atomic mass is 10.2. The molecule has 22 heavy (non-hydrogen) atoms. The van der Waals surface area contributed by atoms with Gasteiger partial charge in [-0.25, -0.2) is 9.98 Å². The summed E-state index contributed by atoms with van der Waals surface area (Å²) in [6, 6.07) is 4.15. The van der Waals surface area contributed by atoms with Crippen LogP contribution in [0.3, 0.4) is 0 Å². The normalized spacial score (nSPS) is 16.4. The van der Waals surface area contributed by atoms with E-state index in [4.69, 9.17) is 5.73 Å². The van der Waals surface area contributed by atoms with Crippen LogP contribution < -0.4 is 5.73 Å². The Morgan fingerprint density at radius 2 is 2.00 bits per heavy atom. The van der Waals surface area contributed by atoms with Gasteiger partial charge in [-0.15, -0.1) is 24.0 Å². The first-order valence-electron chi connectivity index (χ1n) is 7.71. The molecule has 2 N–H and O–H groups in total. The number of imidazole rings is 1. The van der Waals surface area contributed by atoms with Crippen LogP contribution in [0.2, 0.25) is 0 Å². The number of aryl methyl sites for hydroxylation is 1. The van der Waals surface area contributed by atoms with Crippen LogP contribution in [-0.4, -0.2) is 33.3 Å². The predicted molar refractivity (Wildman–Crippen MR) is 101 cm³/mol. The Labute approximate surface area is 148 Å². The number of nitrogens with zero attached hydrogens (tertiary/aromatic N) is 4. The van der Waals surface area contributed by atoms with Crippen LogP contribution in [0.25, 0.3) is 5.65 Å². The molecule has 0 aromatic carbocycles. The summed E-state index contributed by atoms with van der Waals surface area (Å²) < 4.78 is 2.03. The number of aliphatic imine (C=N–C) groups is 1. The van der Waals surface area contributed by atoms with E-state index < -0.39 is 0 Å². The highest BCUT2D eigenvalue weighted by Gasteiger charge is 2.11. The minimum absolute atomic E-state index is 0. The second-order valence-corrected chi connectivity index (χ2v) is 5.78. The molecule has 2 aromatic rings. The highest BCUT2D eigenvalue weighted by molar-refractivity contribution is 14.0. The summed E-state index contributed by atoms with van der Waals surface area (Å²) >= 11 is 0. The van der Waals surface area contributed by atoms with Crippen molar-refractivity contribution in [1.29, 1.82) is 0 Å². The number of halogens is 1. The van der Waals surface area contributed by atoms with E-state index in [1.165, 1.54) is 31.2 Å². The third-order valence-corrected chi connectivity index (χ3v) is 4.00. The second-order valence-electron chi connectivity index (χ2n) is 5.78. The van der Waals surface area contributed by atoms with Gasteiger partial charge in [0, 0.05) is 25.5 Å². The van der Waals surface area contributed by atoms with Crippen LogP contribution in [0.5, 0.6) is 0 Å². The van der Waals surface area contributed by atoms with Crippen LogP contribution in [0, 0.1) is 6.92 Å². The molecule has 120 valence electrons. The summed E-state index contributed by atoms with van der Waals surface area (Å²) in [4.78, 5) is 11.3. The Hall–Kier alpha value is -1.31. The number of fused-ring (bicyclic) bond motifs is 1. The maximum absolute atomic E-state index is 6.13. The van der Waals surface area contributed by atoms with E-state index in [0.29, 0.717) is 12.5 Å². The van der Waals surface area contributed by atoms with Crippen LogP contribution in [0.4, 0.5) is 0 Å². The van der Waals surface area contributed by atoms with Crippen LogP contribution in [-0.2, 0) is 6.54 Å². The molecule has 3 heterocycles. The van der Waals surface area contributed by atoms with Crippen molar-refractivity contribution in [2.45, 2.75) is 39.2 Å². The largest absolute Gasteiger partial charge is 0.370 e. The molecule has 0 saturated carbocycles. The number of rotatable bonds is 2. The molecule has 0 atom stereocenters. The topological polar surface area (TPSA) is 58.9 Å². The Bertz CT molecular complexity index is 641. The summed E-state index contributed by atoms with van der Waals surface area (Å²) in [5.74, 6) is 0.658. The van der Waals surface area contributed by atoms with Crippen molar-refractivity contribution < 1.29 is 0 Å². The number of aromatic nitrogens is 2. The summed E-state index contributed by atoms with van der Waals surface area (Å²) in [6.07, 6.45) is 9.08. The van der Waals surface area contributed by atoms with Crippen molar-refractivity contribution in [1.82, 2.24) is 14.3 Å². The average Bonchev–Trinajstić information content (AvgIpc) is 2.69. The van der Waals surface area contributed by atoms with Crippen molar-refractivity contribution in [3.63, 3.8) is 0 Å². The molecule has 0 bridgehead atoms. The number of likely N-dealkylation sites (tertiary alicyclic amines) is 1. The molecule has 1 fully saturated rings. The predicted octanol–water partition coefficient (Wildman–Crippen LogP) is 2.95. The van der Waals surface area contributed by atoms with Gasteiger partial charge in [-0.1, -0.05) is 12.8 Å². The van der Waals surface area contributed by atoms with E-state index in [-0.39, 0.29) is 24.0 Å². The lowest BCUT2D eigenvalue weighted by molar-refractivity contribution is 0.428. The molecular formula is C16H24IN5. The van der Waals surface area contributed by atoms with Gasteiger partial charge in [-0.3, -0.25) is 0 Å². The maximum atomic E-state index is 6.13. The van der Waals surface area contributed by atoms with Crippen molar-refractivity contribution in [2.24, 2.45) is 10.7 Å². The minimum atomic E-state index is 0. The zero-order chi connectivity index (χ0) is 14.7. The molecular weight excluding hydrogens is 389 g/mol. The first kappa shape index (κ1) is 17.1. The van der Waals surface area contributed by atoms with Gasteiger partial charge in [-0.2, -0.15) is 0 Å². The zero-order valence-corrected chi connectivity index (χ0v) is 15.4. The fourth-order valence-electron chi connectivity index (χ4n) is 2.77. The zero-order valence-electron chi connectivity index (χ0n) is 13.0. The van der Waals surface area contributed by atoms with Crippen molar-refractivity contribution >= 4 is 35.6 Å². The lowest BCUT2D eigenvalue weighted by Crippen LogP contribution is -2.38. The first-order valence-corrected chi connectivity index (χ1v) is 7.71. The Morgan fingerprint density at radius 3 is 2.73 bits per heavy atom. The molecule has 0 spiro atoms. The van der Waals surface area contributed by atoms with Crippen LogP contribution in [0.1, 0.15) is 36.9 Å².